The minimum atomic E-state index is -4.96. The average Bonchev–Trinajstić information content (AvgIpc) is 1.07. The molecule has 3 N–H and O–H groups in total. The number of carbonyl (C=O) groups excluding carboxylic acids is 4. The molecule has 17 nitrogen and oxygen atoms in total. The van der Waals surface area contributed by atoms with Crippen LogP contribution in [0.4, 0.5) is 0 Å². The molecule has 0 rings (SSSR count). The standard InChI is InChI=1S/C79H154O17P2/c1-6-9-12-15-18-20-22-24-26-27-32-35-39-43-48-53-58-63-77(82)90-69-75(96-79(84)65-60-55-50-45-41-37-33-29-28-31-34-38-42-47-51-56-61-72(4)5)71-94-98(87,88)92-67-73(80)66-91-97(85,86)93-70-74(68-89-76(81)62-57-52-46-17-14-11-8-3)95-78(83)64-59-54-49-44-40-36-30-25-23-21-19-16-13-10-7-2/h72-75,80H,6-71H2,1-5H3,(H,85,86)(H,87,88)/t73-,74+,75+/m0/s1. The number of rotatable bonds is 79. The van der Waals surface area contributed by atoms with Crippen LogP contribution < -0.4 is 0 Å². The molecule has 0 aromatic rings. The molecule has 0 saturated heterocycles. The van der Waals surface area contributed by atoms with Gasteiger partial charge in [-0.2, -0.15) is 0 Å². The van der Waals surface area contributed by atoms with E-state index in [9.17, 15) is 43.2 Å². The van der Waals surface area contributed by atoms with E-state index in [-0.39, 0.29) is 25.7 Å². The molecule has 0 aromatic heterocycles. The first kappa shape index (κ1) is 96.1. The third kappa shape index (κ3) is 72.4. The van der Waals surface area contributed by atoms with Crippen LogP contribution in [-0.4, -0.2) is 96.7 Å². The summed E-state index contributed by atoms with van der Waals surface area (Å²) < 4.78 is 68.5. The zero-order valence-electron chi connectivity index (χ0n) is 63.9. The molecule has 0 aliphatic carbocycles. The quantitative estimate of drug-likeness (QED) is 0.0222. The van der Waals surface area contributed by atoms with Crippen LogP contribution in [0.25, 0.3) is 0 Å². The lowest BCUT2D eigenvalue weighted by atomic mass is 10.0. The third-order valence-corrected chi connectivity index (χ3v) is 20.4. The van der Waals surface area contributed by atoms with Crippen LogP contribution in [0, 0.1) is 5.92 Å². The summed E-state index contributed by atoms with van der Waals surface area (Å²) in [5.74, 6) is -1.30. The van der Waals surface area contributed by atoms with Crippen molar-refractivity contribution in [2.24, 2.45) is 5.92 Å². The van der Waals surface area contributed by atoms with Crippen molar-refractivity contribution in [3.05, 3.63) is 0 Å². The summed E-state index contributed by atoms with van der Waals surface area (Å²) in [6.07, 6.45) is 62.5. The van der Waals surface area contributed by atoms with Crippen LogP contribution >= 0.6 is 15.6 Å². The fourth-order valence-electron chi connectivity index (χ4n) is 12.2. The Morgan fingerprint density at radius 2 is 0.469 bits per heavy atom. The predicted octanol–water partition coefficient (Wildman–Crippen LogP) is 23.6. The first-order valence-corrected chi connectivity index (χ1v) is 44.1. The molecule has 582 valence electrons. The maximum atomic E-state index is 13.1. The van der Waals surface area contributed by atoms with E-state index in [0.717, 1.165) is 109 Å². The predicted molar refractivity (Wildman–Crippen MR) is 400 cm³/mol. The van der Waals surface area contributed by atoms with Crippen LogP contribution in [-0.2, 0) is 65.4 Å². The summed E-state index contributed by atoms with van der Waals surface area (Å²) in [6, 6.07) is 0. The van der Waals surface area contributed by atoms with E-state index in [0.29, 0.717) is 25.7 Å². The zero-order chi connectivity index (χ0) is 71.9. The van der Waals surface area contributed by atoms with Gasteiger partial charge in [-0.05, 0) is 31.6 Å². The normalized spacial score (nSPS) is 13.9. The Hall–Kier alpha value is -1.94. The SMILES string of the molecule is CCCCCCCCCCCCCCCCCCCC(=O)OC[C@H](COP(=O)(O)OC[C@@H](O)COP(=O)(O)OC[C@@H](COC(=O)CCCCCCCCC)OC(=O)CCCCCCCCCCCCCCCCC)OC(=O)CCCCCCCCCCCCCCCCCCC(C)C. The number of hydrogen-bond donors (Lipinski definition) is 3. The average molecular weight is 1440 g/mol. The molecule has 0 aliphatic heterocycles. The van der Waals surface area contributed by atoms with Gasteiger partial charge >= 0.3 is 39.5 Å². The van der Waals surface area contributed by atoms with Crippen LogP contribution in [0.5, 0.6) is 0 Å². The number of hydrogen-bond acceptors (Lipinski definition) is 15. The number of phosphoric acid groups is 2. The molecule has 0 aromatic carbocycles. The Morgan fingerprint density at radius 3 is 0.694 bits per heavy atom. The van der Waals surface area contributed by atoms with E-state index in [4.69, 9.17) is 37.0 Å². The smallest absolute Gasteiger partial charge is 0.462 e. The van der Waals surface area contributed by atoms with Crippen LogP contribution in [0.1, 0.15) is 420 Å². The van der Waals surface area contributed by atoms with Gasteiger partial charge in [0.2, 0.25) is 0 Å². The second kappa shape index (κ2) is 72.0. The van der Waals surface area contributed by atoms with Gasteiger partial charge in [-0.15, -0.1) is 0 Å². The van der Waals surface area contributed by atoms with Crippen molar-refractivity contribution >= 4 is 39.5 Å². The van der Waals surface area contributed by atoms with Crippen LogP contribution in [0.2, 0.25) is 0 Å². The number of carbonyl (C=O) groups is 4. The van der Waals surface area contributed by atoms with Gasteiger partial charge in [0.25, 0.3) is 0 Å². The minimum Gasteiger partial charge on any atom is -0.462 e. The van der Waals surface area contributed by atoms with Gasteiger partial charge in [0.15, 0.2) is 12.2 Å². The van der Waals surface area contributed by atoms with Crippen molar-refractivity contribution in [3.8, 4) is 0 Å². The highest BCUT2D eigenvalue weighted by molar-refractivity contribution is 7.47. The number of phosphoric ester groups is 2. The fraction of sp³-hybridized carbons (Fsp3) is 0.949. The van der Waals surface area contributed by atoms with Gasteiger partial charge in [-0.25, -0.2) is 9.13 Å². The molecule has 0 radical (unpaired) electrons. The van der Waals surface area contributed by atoms with Crippen molar-refractivity contribution in [1.82, 2.24) is 0 Å². The van der Waals surface area contributed by atoms with Crippen molar-refractivity contribution in [2.45, 2.75) is 438 Å². The second-order valence-electron chi connectivity index (χ2n) is 28.9. The molecule has 19 heteroatoms. The Labute approximate surface area is 600 Å². The molecule has 0 fully saturated rings. The fourth-order valence-corrected chi connectivity index (χ4v) is 13.8. The largest absolute Gasteiger partial charge is 0.472 e. The molecular formula is C79H154O17P2. The number of esters is 4. The maximum Gasteiger partial charge on any atom is 0.472 e. The van der Waals surface area contributed by atoms with Crippen molar-refractivity contribution in [3.63, 3.8) is 0 Å². The number of ether oxygens (including phenoxy) is 4. The molecule has 0 saturated carbocycles. The van der Waals surface area contributed by atoms with Gasteiger partial charge < -0.3 is 33.8 Å². The Morgan fingerprint density at radius 1 is 0.276 bits per heavy atom. The van der Waals surface area contributed by atoms with Crippen LogP contribution in [0.3, 0.4) is 0 Å². The summed E-state index contributed by atoms with van der Waals surface area (Å²) >= 11 is 0. The molecule has 2 unspecified atom stereocenters. The Kier molecular flexibility index (Phi) is 70.6. The summed E-state index contributed by atoms with van der Waals surface area (Å²) in [7, 11) is -9.91. The minimum absolute atomic E-state index is 0.108. The van der Waals surface area contributed by atoms with E-state index in [2.05, 4.69) is 34.6 Å². The maximum absolute atomic E-state index is 13.1. The molecule has 0 spiro atoms. The van der Waals surface area contributed by atoms with Gasteiger partial charge in [0.1, 0.15) is 19.3 Å². The number of aliphatic hydroxyl groups excluding tert-OH is 1. The van der Waals surface area contributed by atoms with E-state index >= 15 is 0 Å². The molecule has 0 heterocycles. The first-order chi connectivity index (χ1) is 47.5. The van der Waals surface area contributed by atoms with Crippen molar-refractivity contribution < 1.29 is 80.2 Å². The number of unbranched alkanes of at least 4 members (excludes halogenated alkanes) is 51. The summed E-state index contributed by atoms with van der Waals surface area (Å²) in [5, 5.41) is 10.6. The summed E-state index contributed by atoms with van der Waals surface area (Å²) in [5.41, 5.74) is 0. The Bertz CT molecular complexity index is 1870. The zero-order valence-corrected chi connectivity index (χ0v) is 65.7. The number of aliphatic hydroxyl groups is 1. The molecule has 98 heavy (non-hydrogen) atoms. The van der Waals surface area contributed by atoms with Gasteiger partial charge in [0.05, 0.1) is 26.4 Å². The van der Waals surface area contributed by atoms with Crippen LogP contribution in [0.15, 0.2) is 0 Å². The van der Waals surface area contributed by atoms with E-state index in [1.165, 1.54) is 231 Å². The second-order valence-corrected chi connectivity index (χ2v) is 31.8. The molecule has 5 atom stereocenters. The summed E-state index contributed by atoms with van der Waals surface area (Å²) in [4.78, 5) is 72.8. The molecule has 0 bridgehead atoms. The topological polar surface area (TPSA) is 237 Å². The summed E-state index contributed by atoms with van der Waals surface area (Å²) in [6.45, 7) is 7.31. The third-order valence-electron chi connectivity index (χ3n) is 18.5. The van der Waals surface area contributed by atoms with E-state index in [1.807, 2.05) is 0 Å². The van der Waals surface area contributed by atoms with Crippen molar-refractivity contribution in [1.29, 1.82) is 0 Å². The van der Waals surface area contributed by atoms with Gasteiger partial charge in [-0.3, -0.25) is 37.3 Å². The molecular weight excluding hydrogens is 1280 g/mol. The lowest BCUT2D eigenvalue weighted by molar-refractivity contribution is -0.161. The van der Waals surface area contributed by atoms with Gasteiger partial charge in [-0.1, -0.05) is 369 Å². The van der Waals surface area contributed by atoms with E-state index in [1.54, 1.807) is 0 Å². The molecule has 0 amide bonds. The van der Waals surface area contributed by atoms with Gasteiger partial charge in [0, 0.05) is 25.7 Å². The molecule has 0 aliphatic rings. The monoisotopic (exact) mass is 1440 g/mol. The first-order valence-electron chi connectivity index (χ1n) is 41.1. The Balaban J connectivity index is 5.18. The lowest BCUT2D eigenvalue weighted by Crippen LogP contribution is -2.30. The van der Waals surface area contributed by atoms with E-state index < -0.39 is 97.5 Å². The lowest BCUT2D eigenvalue weighted by Gasteiger charge is -2.21. The van der Waals surface area contributed by atoms with Crippen molar-refractivity contribution in [2.75, 3.05) is 39.6 Å². The highest BCUT2D eigenvalue weighted by Crippen LogP contribution is 2.45. The highest BCUT2D eigenvalue weighted by atomic mass is 31.2. The highest BCUT2D eigenvalue weighted by Gasteiger charge is 2.30.